The number of amides is 2. The maximum atomic E-state index is 13.7. The van der Waals surface area contributed by atoms with Crippen LogP contribution in [0, 0.1) is 5.92 Å². The summed E-state index contributed by atoms with van der Waals surface area (Å²) in [7, 11) is 1.42. The first kappa shape index (κ1) is 23.2. The zero-order chi connectivity index (χ0) is 24.9. The molecule has 2 N–H and O–H groups in total. The number of nitrogens with one attached hydrogen (secondary N) is 1. The molecule has 1 aromatic heterocycles. The van der Waals surface area contributed by atoms with Crippen molar-refractivity contribution in [1.82, 2.24) is 4.98 Å². The van der Waals surface area contributed by atoms with Crippen LogP contribution in [0.15, 0.2) is 52.3 Å². The van der Waals surface area contributed by atoms with E-state index in [1.165, 1.54) is 37.1 Å². The number of benzene rings is 2. The lowest BCUT2D eigenvalue weighted by Gasteiger charge is -2.30. The molecule has 11 heteroatoms. The van der Waals surface area contributed by atoms with Crippen LogP contribution >= 0.6 is 23.1 Å². The third kappa shape index (κ3) is 3.80. The molecule has 0 unspecified atom stereocenters. The maximum Gasteiger partial charge on any atom is 0.338 e. The normalized spacial score (nSPS) is 21.0. The number of nitrogens with zero attached hydrogens (tertiary/aromatic N) is 1. The minimum atomic E-state index is -0.773. The predicted octanol–water partition coefficient (Wildman–Crippen LogP) is 3.12. The van der Waals surface area contributed by atoms with E-state index in [1.807, 2.05) is 0 Å². The predicted molar refractivity (Wildman–Crippen MR) is 129 cm³/mol. The van der Waals surface area contributed by atoms with Crippen molar-refractivity contribution in [3.05, 3.63) is 68.1 Å². The number of rotatable bonds is 5. The third-order valence-corrected chi connectivity index (χ3v) is 8.42. The smallest absolute Gasteiger partial charge is 0.338 e. The minimum absolute atomic E-state index is 0.0578. The molecule has 1 saturated heterocycles. The number of H-pyrrole nitrogens is 1. The Hall–Kier alpha value is -3.57. The number of ether oxygens (including phenoxy) is 2. The van der Waals surface area contributed by atoms with E-state index in [1.54, 1.807) is 31.2 Å². The highest BCUT2D eigenvalue weighted by Gasteiger charge is 2.56. The second-order valence-electron chi connectivity index (χ2n) is 7.96. The van der Waals surface area contributed by atoms with Crippen molar-refractivity contribution in [2.75, 3.05) is 18.6 Å². The van der Waals surface area contributed by atoms with E-state index < -0.39 is 34.9 Å². The first-order valence-corrected chi connectivity index (χ1v) is 12.4. The van der Waals surface area contributed by atoms with Crippen molar-refractivity contribution in [2.24, 2.45) is 5.92 Å². The standard InChI is InChI=1S/C24H20N2O7S2/c1-3-33-23(30)11-4-7-13(8-5-11)26-21(28)17-16(12-6-9-14(27)15(10-12)32-2)18-20(25-24(31)35-18)34-19(17)22(26)29/h4-10,16-17,19,27H,3H2,1-2H3,(H,25,31)/t16-,17-,19+/m0/s1. The van der Waals surface area contributed by atoms with Crippen LogP contribution in [0.4, 0.5) is 5.69 Å². The summed E-state index contributed by atoms with van der Waals surface area (Å²) in [6, 6.07) is 10.9. The van der Waals surface area contributed by atoms with E-state index in [-0.39, 0.29) is 23.0 Å². The third-order valence-electron chi connectivity index (χ3n) is 6.02. The Morgan fingerprint density at radius 1 is 1.11 bits per heavy atom. The summed E-state index contributed by atoms with van der Waals surface area (Å²) in [4.78, 5) is 55.7. The number of thiazole rings is 1. The molecule has 5 rings (SSSR count). The van der Waals surface area contributed by atoms with Gasteiger partial charge in [0.25, 0.3) is 0 Å². The zero-order valence-corrected chi connectivity index (χ0v) is 20.3. The van der Waals surface area contributed by atoms with Gasteiger partial charge in [0.05, 0.1) is 35.9 Å². The number of aromatic nitrogens is 1. The van der Waals surface area contributed by atoms with Crippen LogP contribution in [0.25, 0.3) is 0 Å². The van der Waals surface area contributed by atoms with Gasteiger partial charge < -0.3 is 19.6 Å². The van der Waals surface area contributed by atoms with Crippen LogP contribution in [0.2, 0.25) is 0 Å². The van der Waals surface area contributed by atoms with Crippen LogP contribution in [0.3, 0.4) is 0 Å². The van der Waals surface area contributed by atoms with Gasteiger partial charge in [-0.2, -0.15) is 0 Å². The van der Waals surface area contributed by atoms with Crippen LogP contribution in [-0.4, -0.2) is 46.8 Å². The van der Waals surface area contributed by atoms with Gasteiger partial charge in [-0.1, -0.05) is 29.2 Å². The van der Waals surface area contributed by atoms with Gasteiger partial charge >= 0.3 is 10.8 Å². The molecule has 3 heterocycles. The first-order valence-electron chi connectivity index (χ1n) is 10.8. The van der Waals surface area contributed by atoms with Gasteiger partial charge in [-0.3, -0.25) is 14.4 Å². The van der Waals surface area contributed by atoms with E-state index in [4.69, 9.17) is 9.47 Å². The first-order chi connectivity index (χ1) is 16.8. The van der Waals surface area contributed by atoms with Gasteiger partial charge in [0.2, 0.25) is 11.8 Å². The van der Waals surface area contributed by atoms with E-state index in [0.29, 0.717) is 26.7 Å². The number of thioether (sulfide) groups is 1. The summed E-state index contributed by atoms with van der Waals surface area (Å²) in [5, 5.41) is 9.85. The van der Waals surface area contributed by atoms with Crippen LogP contribution < -0.4 is 14.5 Å². The number of hydrogen-bond acceptors (Lipinski definition) is 9. The molecule has 2 aliphatic rings. The fourth-order valence-electron chi connectivity index (χ4n) is 4.48. The summed E-state index contributed by atoms with van der Waals surface area (Å²) in [6.45, 7) is 1.94. The van der Waals surface area contributed by atoms with Crippen LogP contribution in [0.5, 0.6) is 11.5 Å². The Bertz CT molecular complexity index is 1400. The minimum Gasteiger partial charge on any atom is -0.504 e. The molecule has 0 radical (unpaired) electrons. The van der Waals surface area contributed by atoms with E-state index in [9.17, 15) is 24.3 Å². The van der Waals surface area contributed by atoms with Crippen molar-refractivity contribution < 1.29 is 29.0 Å². The maximum absolute atomic E-state index is 13.7. The van der Waals surface area contributed by atoms with Crippen molar-refractivity contribution in [2.45, 2.75) is 23.1 Å². The summed E-state index contributed by atoms with van der Waals surface area (Å²) in [5.41, 5.74) is 1.31. The number of hydrogen-bond donors (Lipinski definition) is 2. The average molecular weight is 513 g/mol. The summed E-state index contributed by atoms with van der Waals surface area (Å²) < 4.78 is 10.2. The second kappa shape index (κ2) is 8.90. The molecule has 0 spiro atoms. The lowest BCUT2D eigenvalue weighted by atomic mass is 9.83. The average Bonchev–Trinajstić information content (AvgIpc) is 3.34. The van der Waals surface area contributed by atoms with Gasteiger partial charge in [0, 0.05) is 10.8 Å². The fourth-order valence-corrected chi connectivity index (χ4v) is 6.99. The molecule has 3 atom stereocenters. The molecule has 9 nitrogen and oxygen atoms in total. The molecule has 2 amide bonds. The lowest BCUT2D eigenvalue weighted by Crippen LogP contribution is -2.32. The van der Waals surface area contributed by atoms with Gasteiger partial charge in [-0.25, -0.2) is 9.69 Å². The Balaban J connectivity index is 1.56. The molecule has 35 heavy (non-hydrogen) atoms. The molecular formula is C24H20N2O7S2. The number of phenols is 1. The molecule has 2 aliphatic heterocycles. The molecule has 0 aliphatic carbocycles. The molecule has 180 valence electrons. The number of anilines is 1. The van der Waals surface area contributed by atoms with Gasteiger partial charge in [0.1, 0.15) is 5.25 Å². The van der Waals surface area contributed by atoms with Gasteiger partial charge in [-0.05, 0) is 48.9 Å². The summed E-state index contributed by atoms with van der Waals surface area (Å²) in [6.07, 6.45) is 0. The number of aromatic hydroxyl groups is 1. The zero-order valence-electron chi connectivity index (χ0n) is 18.6. The molecule has 0 saturated carbocycles. The Morgan fingerprint density at radius 2 is 1.86 bits per heavy atom. The topological polar surface area (TPSA) is 126 Å². The number of carbonyl (C=O) groups is 3. The van der Waals surface area contributed by atoms with Crippen LogP contribution in [0.1, 0.15) is 33.6 Å². The van der Waals surface area contributed by atoms with E-state index in [0.717, 1.165) is 16.2 Å². The van der Waals surface area contributed by atoms with E-state index >= 15 is 0 Å². The molecular weight excluding hydrogens is 492 g/mol. The number of esters is 1. The molecule has 3 aromatic rings. The van der Waals surface area contributed by atoms with Gasteiger partial charge in [0.15, 0.2) is 11.5 Å². The molecule has 2 aromatic carbocycles. The van der Waals surface area contributed by atoms with Crippen molar-refractivity contribution >= 4 is 46.6 Å². The Labute approximate surface area is 207 Å². The monoisotopic (exact) mass is 512 g/mol. The number of phenolic OH excluding ortho intramolecular Hbond substituents is 1. The van der Waals surface area contributed by atoms with E-state index in [2.05, 4.69) is 4.98 Å². The number of methoxy groups -OCH3 is 1. The second-order valence-corrected chi connectivity index (χ2v) is 10.1. The fraction of sp³-hybridized carbons (Fsp3) is 0.250. The van der Waals surface area contributed by atoms with Gasteiger partial charge in [-0.15, -0.1) is 0 Å². The van der Waals surface area contributed by atoms with Crippen molar-refractivity contribution in [3.8, 4) is 11.5 Å². The highest BCUT2D eigenvalue weighted by Crippen LogP contribution is 2.53. The number of fused-ring (bicyclic) bond motifs is 2. The number of aromatic amines is 1. The van der Waals surface area contributed by atoms with Crippen molar-refractivity contribution in [3.63, 3.8) is 0 Å². The SMILES string of the molecule is CCOC(=O)c1ccc(N2C(=O)[C@H]3[C@H](c4ccc(O)c(OC)c4)c4sc(=O)[nH]c4S[C@H]3C2=O)cc1. The highest BCUT2D eigenvalue weighted by molar-refractivity contribution is 8.00. The highest BCUT2D eigenvalue weighted by atomic mass is 32.2. The Kier molecular flexibility index (Phi) is 5.89. The number of imide groups is 1. The molecule has 0 bridgehead atoms. The Morgan fingerprint density at radius 3 is 2.54 bits per heavy atom. The summed E-state index contributed by atoms with van der Waals surface area (Å²) >= 11 is 2.17. The van der Waals surface area contributed by atoms with Crippen molar-refractivity contribution in [1.29, 1.82) is 0 Å². The number of carbonyl (C=O) groups excluding carboxylic acids is 3. The van der Waals surface area contributed by atoms with Crippen LogP contribution in [-0.2, 0) is 14.3 Å². The lowest BCUT2D eigenvalue weighted by molar-refractivity contribution is -0.122. The molecule has 1 fully saturated rings. The summed E-state index contributed by atoms with van der Waals surface area (Å²) in [5.74, 6) is -2.48. The largest absolute Gasteiger partial charge is 0.504 e. The quantitative estimate of drug-likeness (QED) is 0.395.